The number of likely N-dealkylation sites (tertiary alicyclic amines) is 1. The van der Waals surface area contributed by atoms with Gasteiger partial charge in [0.25, 0.3) is 0 Å². The Morgan fingerprint density at radius 1 is 1.00 bits per heavy atom. The topological polar surface area (TPSA) is 105 Å². The van der Waals surface area contributed by atoms with Crippen molar-refractivity contribution in [2.24, 2.45) is 5.92 Å². The number of carboxylic acid groups (broad SMARTS) is 1. The molecule has 1 saturated heterocycles. The highest BCUT2D eigenvalue weighted by Gasteiger charge is 2.32. The quantitative estimate of drug-likeness (QED) is 0.585. The standard InChI is InChI=1S/C28H34N2O6/c1-28(2,3)36-27(34)30-14-12-18(13-15-30)16-24(25(31)32)29-26(33)35-17-23-21-10-6-4-8-19(21)20-9-5-7-11-22(20)23/h4-11,18,23-24H,12-17H2,1-3H3,(H,29,33)(H,31,32)/t24-/m1/s1. The number of carbonyl (C=O) groups is 3. The zero-order chi connectivity index (χ0) is 25.9. The average molecular weight is 495 g/mol. The van der Waals surface area contributed by atoms with E-state index in [0.29, 0.717) is 25.9 Å². The number of benzene rings is 2. The summed E-state index contributed by atoms with van der Waals surface area (Å²) in [6, 6.07) is 15.0. The SMILES string of the molecule is CC(C)(C)OC(=O)N1CCC(C[C@@H](NC(=O)OCC2c3ccccc3-c3ccccc32)C(=O)O)CC1. The number of carboxylic acids is 1. The van der Waals surface area contributed by atoms with Gasteiger partial charge in [-0.2, -0.15) is 0 Å². The number of nitrogens with one attached hydrogen (secondary N) is 1. The Kier molecular flexibility index (Phi) is 7.52. The molecule has 0 unspecified atom stereocenters. The number of rotatable bonds is 6. The molecule has 0 radical (unpaired) electrons. The number of alkyl carbamates (subject to hydrolysis) is 1. The fourth-order valence-corrected chi connectivity index (χ4v) is 5.01. The van der Waals surface area contributed by atoms with Gasteiger partial charge in [-0.15, -0.1) is 0 Å². The van der Waals surface area contributed by atoms with Crippen LogP contribution in [0, 0.1) is 5.92 Å². The molecule has 4 rings (SSSR count). The van der Waals surface area contributed by atoms with Gasteiger partial charge in [-0.3, -0.25) is 0 Å². The van der Waals surface area contributed by atoms with Gasteiger partial charge in [0.05, 0.1) is 0 Å². The fourth-order valence-electron chi connectivity index (χ4n) is 5.01. The van der Waals surface area contributed by atoms with E-state index in [9.17, 15) is 19.5 Å². The lowest BCUT2D eigenvalue weighted by atomic mass is 9.90. The number of hydrogen-bond acceptors (Lipinski definition) is 5. The molecule has 1 heterocycles. The molecule has 0 bridgehead atoms. The summed E-state index contributed by atoms with van der Waals surface area (Å²) in [5, 5.41) is 12.2. The van der Waals surface area contributed by atoms with E-state index in [1.807, 2.05) is 57.2 Å². The Bertz CT molecular complexity index is 1070. The summed E-state index contributed by atoms with van der Waals surface area (Å²) < 4.78 is 10.9. The Morgan fingerprint density at radius 3 is 2.08 bits per heavy atom. The third kappa shape index (κ3) is 5.98. The van der Waals surface area contributed by atoms with Gasteiger partial charge < -0.3 is 24.8 Å². The summed E-state index contributed by atoms with van der Waals surface area (Å²) in [6.45, 7) is 6.59. The van der Waals surface area contributed by atoms with Crippen LogP contribution in [0.4, 0.5) is 9.59 Å². The maximum atomic E-state index is 12.6. The first-order chi connectivity index (χ1) is 17.1. The summed E-state index contributed by atoms with van der Waals surface area (Å²) in [5.74, 6) is -1.12. The van der Waals surface area contributed by atoms with Crippen LogP contribution >= 0.6 is 0 Å². The van der Waals surface area contributed by atoms with Crippen molar-refractivity contribution in [1.29, 1.82) is 0 Å². The predicted molar refractivity (Wildman–Crippen MR) is 135 cm³/mol. The van der Waals surface area contributed by atoms with Crippen LogP contribution in [0.2, 0.25) is 0 Å². The van der Waals surface area contributed by atoms with Crippen LogP contribution in [0.1, 0.15) is 57.1 Å². The summed E-state index contributed by atoms with van der Waals surface area (Å²) in [5.41, 5.74) is 3.89. The molecule has 8 nitrogen and oxygen atoms in total. The van der Waals surface area contributed by atoms with E-state index in [1.54, 1.807) is 4.90 Å². The molecule has 0 spiro atoms. The molecular weight excluding hydrogens is 460 g/mol. The Labute approximate surface area is 211 Å². The van der Waals surface area contributed by atoms with Crippen molar-refractivity contribution in [2.75, 3.05) is 19.7 Å². The normalized spacial score (nSPS) is 16.6. The van der Waals surface area contributed by atoms with Crippen molar-refractivity contribution in [3.8, 4) is 11.1 Å². The van der Waals surface area contributed by atoms with Crippen LogP contribution < -0.4 is 5.32 Å². The molecule has 8 heteroatoms. The smallest absolute Gasteiger partial charge is 0.410 e. The predicted octanol–water partition coefficient (Wildman–Crippen LogP) is 5.02. The highest BCUT2D eigenvalue weighted by atomic mass is 16.6. The first-order valence-corrected chi connectivity index (χ1v) is 12.4. The van der Waals surface area contributed by atoms with Crippen LogP contribution in [-0.4, -0.2) is 59.5 Å². The van der Waals surface area contributed by atoms with E-state index >= 15 is 0 Å². The van der Waals surface area contributed by atoms with Gasteiger partial charge in [0.2, 0.25) is 0 Å². The molecule has 2 aromatic rings. The zero-order valence-electron chi connectivity index (χ0n) is 21.0. The van der Waals surface area contributed by atoms with Crippen molar-refractivity contribution < 1.29 is 29.0 Å². The van der Waals surface area contributed by atoms with E-state index < -0.39 is 23.7 Å². The second-order valence-corrected chi connectivity index (χ2v) is 10.5. The molecule has 1 aliphatic heterocycles. The van der Waals surface area contributed by atoms with E-state index in [4.69, 9.17) is 9.47 Å². The third-order valence-electron chi connectivity index (χ3n) is 6.77. The molecule has 36 heavy (non-hydrogen) atoms. The molecule has 2 aromatic carbocycles. The van der Waals surface area contributed by atoms with Crippen LogP contribution in [0.25, 0.3) is 11.1 Å². The number of ether oxygens (including phenoxy) is 2. The van der Waals surface area contributed by atoms with Crippen molar-refractivity contribution in [3.05, 3.63) is 59.7 Å². The molecule has 0 aromatic heterocycles. The summed E-state index contributed by atoms with van der Waals surface area (Å²) >= 11 is 0. The van der Waals surface area contributed by atoms with Crippen LogP contribution in [0.15, 0.2) is 48.5 Å². The minimum absolute atomic E-state index is 0.0682. The zero-order valence-corrected chi connectivity index (χ0v) is 21.0. The maximum Gasteiger partial charge on any atom is 0.410 e. The van der Waals surface area contributed by atoms with Crippen molar-refractivity contribution in [2.45, 2.75) is 57.6 Å². The fraction of sp³-hybridized carbons (Fsp3) is 0.464. The van der Waals surface area contributed by atoms with E-state index in [2.05, 4.69) is 17.4 Å². The van der Waals surface area contributed by atoms with Gasteiger partial charge in [-0.1, -0.05) is 48.5 Å². The van der Waals surface area contributed by atoms with Crippen molar-refractivity contribution in [3.63, 3.8) is 0 Å². The number of hydrogen-bond donors (Lipinski definition) is 2. The molecule has 2 aliphatic rings. The first kappa shape index (κ1) is 25.5. The largest absolute Gasteiger partial charge is 0.480 e. The minimum atomic E-state index is -1.10. The highest BCUT2D eigenvalue weighted by Crippen LogP contribution is 2.44. The minimum Gasteiger partial charge on any atom is -0.480 e. The Hall–Kier alpha value is -3.55. The summed E-state index contributed by atoms with van der Waals surface area (Å²) in [7, 11) is 0. The maximum absolute atomic E-state index is 12.6. The first-order valence-electron chi connectivity index (χ1n) is 12.4. The molecular formula is C28H34N2O6. The molecule has 1 aliphatic carbocycles. The monoisotopic (exact) mass is 494 g/mol. The lowest BCUT2D eigenvalue weighted by Crippen LogP contribution is -2.45. The lowest BCUT2D eigenvalue weighted by molar-refractivity contribution is -0.140. The molecule has 192 valence electrons. The molecule has 1 atom stereocenters. The molecule has 2 amide bonds. The van der Waals surface area contributed by atoms with Crippen molar-refractivity contribution >= 4 is 18.2 Å². The third-order valence-corrected chi connectivity index (χ3v) is 6.77. The Balaban J connectivity index is 1.30. The van der Waals surface area contributed by atoms with Gasteiger partial charge in [-0.25, -0.2) is 14.4 Å². The number of aliphatic carboxylic acids is 1. The number of piperidine rings is 1. The van der Waals surface area contributed by atoms with E-state index in [-0.39, 0.29) is 31.0 Å². The van der Waals surface area contributed by atoms with Crippen LogP contribution in [0.5, 0.6) is 0 Å². The second kappa shape index (κ2) is 10.6. The number of fused-ring (bicyclic) bond motifs is 3. The second-order valence-electron chi connectivity index (χ2n) is 10.5. The van der Waals surface area contributed by atoms with Gasteiger partial charge in [-0.05, 0) is 68.2 Å². The average Bonchev–Trinajstić information content (AvgIpc) is 3.15. The number of nitrogens with zero attached hydrogens (tertiary/aromatic N) is 1. The molecule has 2 N–H and O–H groups in total. The van der Waals surface area contributed by atoms with E-state index in [0.717, 1.165) is 22.3 Å². The van der Waals surface area contributed by atoms with Crippen LogP contribution in [0.3, 0.4) is 0 Å². The van der Waals surface area contributed by atoms with E-state index in [1.165, 1.54) is 0 Å². The summed E-state index contributed by atoms with van der Waals surface area (Å²) in [4.78, 5) is 38.4. The highest BCUT2D eigenvalue weighted by molar-refractivity contribution is 5.81. The number of amides is 2. The molecule has 1 fully saturated rings. The lowest BCUT2D eigenvalue weighted by Gasteiger charge is -2.34. The number of carbonyl (C=O) groups excluding carboxylic acids is 2. The van der Waals surface area contributed by atoms with Crippen molar-refractivity contribution in [1.82, 2.24) is 10.2 Å². The van der Waals surface area contributed by atoms with Gasteiger partial charge >= 0.3 is 18.2 Å². The molecule has 0 saturated carbocycles. The van der Waals surface area contributed by atoms with Gasteiger partial charge in [0.15, 0.2) is 0 Å². The van der Waals surface area contributed by atoms with Gasteiger partial charge in [0, 0.05) is 19.0 Å². The summed E-state index contributed by atoms with van der Waals surface area (Å²) in [6.07, 6.45) is 0.481. The van der Waals surface area contributed by atoms with Crippen LogP contribution in [-0.2, 0) is 14.3 Å². The van der Waals surface area contributed by atoms with Gasteiger partial charge in [0.1, 0.15) is 18.2 Å². The Morgan fingerprint density at radius 2 is 1.56 bits per heavy atom.